The number of halogens is 3. The van der Waals surface area contributed by atoms with Crippen LogP contribution >= 0.6 is 34.8 Å². The van der Waals surface area contributed by atoms with Gasteiger partial charge in [-0.3, -0.25) is 4.79 Å². The van der Waals surface area contributed by atoms with Crippen LogP contribution in [0.5, 0.6) is 0 Å². The average Bonchev–Trinajstić information content (AvgIpc) is 2.26. The van der Waals surface area contributed by atoms with Crippen LogP contribution in [0.25, 0.3) is 11.3 Å². The molecule has 1 aromatic heterocycles. The molecule has 1 aromatic carbocycles. The molecule has 88 valence electrons. The Morgan fingerprint density at radius 3 is 2.53 bits per heavy atom. The van der Waals surface area contributed by atoms with Gasteiger partial charge in [0.05, 0.1) is 5.69 Å². The molecular weight excluding hydrogens is 282 g/mol. The molecule has 0 atom stereocenters. The number of benzene rings is 1. The standard InChI is InChI=1S/C11H7Cl3N2O/c1-16-8(6-3-2-4-7(12)5-6)9(13)15-10(14)11(16)17/h2-5H,1H3. The summed E-state index contributed by atoms with van der Waals surface area (Å²) in [6.07, 6.45) is 0. The van der Waals surface area contributed by atoms with Crippen LogP contribution in [-0.4, -0.2) is 9.55 Å². The molecule has 1 heterocycles. The van der Waals surface area contributed by atoms with Crippen LogP contribution in [0.2, 0.25) is 15.3 Å². The van der Waals surface area contributed by atoms with Gasteiger partial charge in [0.2, 0.25) is 0 Å². The lowest BCUT2D eigenvalue weighted by atomic mass is 10.1. The van der Waals surface area contributed by atoms with Gasteiger partial charge in [-0.15, -0.1) is 0 Å². The third kappa shape index (κ3) is 2.32. The Morgan fingerprint density at radius 1 is 1.18 bits per heavy atom. The van der Waals surface area contributed by atoms with Gasteiger partial charge in [-0.05, 0) is 12.1 Å². The molecule has 0 unspecified atom stereocenters. The van der Waals surface area contributed by atoms with Crippen LogP contribution in [0.3, 0.4) is 0 Å². The van der Waals surface area contributed by atoms with Crippen molar-refractivity contribution in [2.45, 2.75) is 0 Å². The summed E-state index contributed by atoms with van der Waals surface area (Å²) in [6, 6.07) is 7.01. The van der Waals surface area contributed by atoms with Crippen molar-refractivity contribution in [3.63, 3.8) is 0 Å². The Morgan fingerprint density at radius 2 is 1.88 bits per heavy atom. The number of hydrogen-bond acceptors (Lipinski definition) is 2. The zero-order chi connectivity index (χ0) is 12.6. The second-order valence-electron chi connectivity index (χ2n) is 3.42. The van der Waals surface area contributed by atoms with Gasteiger partial charge in [0.25, 0.3) is 5.56 Å². The van der Waals surface area contributed by atoms with E-state index in [2.05, 4.69) is 4.98 Å². The first-order valence-corrected chi connectivity index (χ1v) is 5.82. The van der Waals surface area contributed by atoms with Crippen molar-refractivity contribution < 1.29 is 0 Å². The highest BCUT2D eigenvalue weighted by Crippen LogP contribution is 2.27. The molecular formula is C11H7Cl3N2O. The highest BCUT2D eigenvalue weighted by Gasteiger charge is 2.13. The number of rotatable bonds is 1. The highest BCUT2D eigenvalue weighted by molar-refractivity contribution is 6.34. The predicted molar refractivity (Wildman–Crippen MR) is 69.9 cm³/mol. The van der Waals surface area contributed by atoms with Crippen molar-refractivity contribution in [1.82, 2.24) is 9.55 Å². The van der Waals surface area contributed by atoms with Gasteiger partial charge >= 0.3 is 0 Å². The summed E-state index contributed by atoms with van der Waals surface area (Å²) in [4.78, 5) is 15.5. The van der Waals surface area contributed by atoms with Crippen LogP contribution in [-0.2, 0) is 7.05 Å². The molecule has 2 rings (SSSR count). The van der Waals surface area contributed by atoms with Crippen molar-refractivity contribution in [2.24, 2.45) is 7.05 Å². The SMILES string of the molecule is Cn1c(-c2cccc(Cl)c2)c(Cl)nc(Cl)c1=O. The van der Waals surface area contributed by atoms with Crippen molar-refractivity contribution in [3.8, 4) is 11.3 Å². The highest BCUT2D eigenvalue weighted by atomic mass is 35.5. The minimum absolute atomic E-state index is 0.150. The first-order valence-electron chi connectivity index (χ1n) is 4.68. The third-order valence-corrected chi connectivity index (χ3v) is 3.05. The van der Waals surface area contributed by atoms with Crippen LogP contribution < -0.4 is 5.56 Å². The van der Waals surface area contributed by atoms with Crippen molar-refractivity contribution in [3.05, 3.63) is 49.9 Å². The van der Waals surface area contributed by atoms with Crippen molar-refractivity contribution >= 4 is 34.8 Å². The summed E-state index contributed by atoms with van der Waals surface area (Å²) < 4.78 is 1.35. The fraction of sp³-hybridized carbons (Fsp3) is 0.0909. The summed E-state index contributed by atoms with van der Waals surface area (Å²) in [5.74, 6) is 0. The first-order chi connectivity index (χ1) is 8.00. The van der Waals surface area contributed by atoms with E-state index in [0.717, 1.165) is 0 Å². The maximum Gasteiger partial charge on any atom is 0.288 e. The summed E-state index contributed by atoms with van der Waals surface area (Å²) >= 11 is 17.5. The molecule has 3 nitrogen and oxygen atoms in total. The van der Waals surface area contributed by atoms with E-state index in [9.17, 15) is 4.79 Å². The van der Waals surface area contributed by atoms with E-state index in [1.54, 1.807) is 31.3 Å². The Hall–Kier alpha value is -1.03. The molecule has 17 heavy (non-hydrogen) atoms. The average molecular weight is 290 g/mol. The molecule has 0 saturated heterocycles. The van der Waals surface area contributed by atoms with Crippen molar-refractivity contribution in [1.29, 1.82) is 0 Å². The molecule has 0 amide bonds. The van der Waals surface area contributed by atoms with Gasteiger partial charge in [0, 0.05) is 17.6 Å². The van der Waals surface area contributed by atoms with Gasteiger partial charge in [-0.1, -0.05) is 46.9 Å². The maximum atomic E-state index is 11.7. The van der Waals surface area contributed by atoms with Gasteiger partial charge in [-0.2, -0.15) is 0 Å². The van der Waals surface area contributed by atoms with E-state index in [-0.39, 0.29) is 10.3 Å². The number of hydrogen-bond donors (Lipinski definition) is 0. The summed E-state index contributed by atoms with van der Waals surface area (Å²) in [5, 5.41) is 0.573. The molecule has 0 aliphatic rings. The van der Waals surface area contributed by atoms with E-state index < -0.39 is 5.56 Å². The zero-order valence-electron chi connectivity index (χ0n) is 8.75. The fourth-order valence-corrected chi connectivity index (χ4v) is 2.28. The summed E-state index contributed by atoms with van der Waals surface area (Å²) in [5.41, 5.74) is 0.806. The number of aromatic nitrogens is 2. The van der Waals surface area contributed by atoms with Crippen molar-refractivity contribution in [2.75, 3.05) is 0 Å². The van der Waals surface area contributed by atoms with Gasteiger partial charge in [-0.25, -0.2) is 4.98 Å². The second-order valence-corrected chi connectivity index (χ2v) is 4.57. The van der Waals surface area contributed by atoms with Gasteiger partial charge in [0.15, 0.2) is 10.3 Å². The molecule has 0 radical (unpaired) electrons. The van der Waals surface area contributed by atoms with E-state index in [1.807, 2.05) is 0 Å². The largest absolute Gasteiger partial charge is 0.306 e. The molecule has 0 aliphatic carbocycles. The Balaban J connectivity index is 2.76. The fourth-order valence-electron chi connectivity index (χ4n) is 1.51. The Bertz CT molecular complexity index is 637. The molecule has 0 N–H and O–H groups in total. The van der Waals surface area contributed by atoms with E-state index in [4.69, 9.17) is 34.8 Å². The molecule has 0 fully saturated rings. The maximum absolute atomic E-state index is 11.7. The van der Waals surface area contributed by atoms with E-state index in [1.165, 1.54) is 4.57 Å². The normalized spacial score (nSPS) is 10.6. The minimum Gasteiger partial charge on any atom is -0.306 e. The smallest absolute Gasteiger partial charge is 0.288 e. The lowest BCUT2D eigenvalue weighted by Crippen LogP contribution is -2.20. The molecule has 0 bridgehead atoms. The van der Waals surface area contributed by atoms with Crippen LogP contribution in [0, 0.1) is 0 Å². The molecule has 0 aliphatic heterocycles. The molecule has 0 saturated carbocycles. The van der Waals surface area contributed by atoms with Gasteiger partial charge < -0.3 is 4.57 Å². The molecule has 6 heteroatoms. The zero-order valence-corrected chi connectivity index (χ0v) is 11.0. The Kier molecular flexibility index (Phi) is 3.43. The monoisotopic (exact) mass is 288 g/mol. The topological polar surface area (TPSA) is 34.9 Å². The van der Waals surface area contributed by atoms with E-state index >= 15 is 0 Å². The lowest BCUT2D eigenvalue weighted by Gasteiger charge is -2.10. The minimum atomic E-state index is -0.397. The molecule has 0 spiro atoms. The van der Waals surface area contributed by atoms with Crippen LogP contribution in [0.4, 0.5) is 0 Å². The summed E-state index contributed by atoms with van der Waals surface area (Å²) in [6.45, 7) is 0. The third-order valence-electron chi connectivity index (χ3n) is 2.31. The first kappa shape index (κ1) is 12.4. The number of nitrogens with zero attached hydrogens (tertiary/aromatic N) is 2. The van der Waals surface area contributed by atoms with Crippen LogP contribution in [0.15, 0.2) is 29.1 Å². The van der Waals surface area contributed by atoms with Gasteiger partial charge in [0.1, 0.15) is 0 Å². The van der Waals surface area contributed by atoms with E-state index in [0.29, 0.717) is 16.3 Å². The summed E-state index contributed by atoms with van der Waals surface area (Å²) in [7, 11) is 1.58. The second kappa shape index (κ2) is 4.69. The lowest BCUT2D eigenvalue weighted by molar-refractivity contribution is 0.852. The predicted octanol–water partition coefficient (Wildman–Crippen LogP) is 3.41. The quantitative estimate of drug-likeness (QED) is 0.806. The molecule has 2 aromatic rings. The Labute approximate surface area is 113 Å². The van der Waals surface area contributed by atoms with Crippen LogP contribution in [0.1, 0.15) is 0 Å².